The van der Waals surface area contributed by atoms with Crippen molar-refractivity contribution in [1.82, 2.24) is 14.9 Å². The Bertz CT molecular complexity index is 1150. The van der Waals surface area contributed by atoms with Crippen LogP contribution in [0, 0.1) is 6.92 Å². The van der Waals surface area contributed by atoms with Crippen LogP contribution in [0.3, 0.4) is 0 Å². The fourth-order valence-corrected chi connectivity index (χ4v) is 3.33. The molecular formula is C24H21F4N3O3. The highest BCUT2D eigenvalue weighted by Crippen LogP contribution is 2.28. The molecule has 1 atom stereocenters. The van der Waals surface area contributed by atoms with Gasteiger partial charge in [0.25, 0.3) is 5.91 Å². The van der Waals surface area contributed by atoms with E-state index in [1.807, 2.05) is 0 Å². The quantitative estimate of drug-likeness (QED) is 0.354. The highest BCUT2D eigenvalue weighted by Gasteiger charge is 2.42. The van der Waals surface area contributed by atoms with Gasteiger partial charge in [0.2, 0.25) is 0 Å². The van der Waals surface area contributed by atoms with Crippen molar-refractivity contribution >= 4 is 11.9 Å². The van der Waals surface area contributed by atoms with Crippen LogP contribution >= 0.6 is 0 Å². The molecule has 0 spiro atoms. The molecule has 178 valence electrons. The zero-order chi connectivity index (χ0) is 24.9. The molecule has 0 aliphatic heterocycles. The van der Waals surface area contributed by atoms with Crippen LogP contribution in [0.2, 0.25) is 0 Å². The molecule has 0 bridgehead atoms. The molecule has 1 amide bonds. The van der Waals surface area contributed by atoms with Crippen molar-refractivity contribution in [3.8, 4) is 0 Å². The van der Waals surface area contributed by atoms with Crippen molar-refractivity contribution in [2.45, 2.75) is 38.8 Å². The summed E-state index contributed by atoms with van der Waals surface area (Å²) in [6, 6.07) is 12.9. The number of halogens is 4. The predicted molar refractivity (Wildman–Crippen MR) is 115 cm³/mol. The molecule has 2 heterocycles. The summed E-state index contributed by atoms with van der Waals surface area (Å²) in [7, 11) is 0. The van der Waals surface area contributed by atoms with Crippen LogP contribution in [-0.2, 0) is 13.0 Å². The lowest BCUT2D eigenvalue weighted by molar-refractivity contribution is -0.228. The van der Waals surface area contributed by atoms with E-state index in [2.05, 4.69) is 9.97 Å². The van der Waals surface area contributed by atoms with Gasteiger partial charge in [-0.25, -0.2) is 24.1 Å². The number of aromatic carboxylic acids is 1. The lowest BCUT2D eigenvalue weighted by atomic mass is 10.0. The monoisotopic (exact) mass is 475 g/mol. The fourth-order valence-electron chi connectivity index (χ4n) is 3.33. The lowest BCUT2D eigenvalue weighted by Gasteiger charge is -2.25. The predicted octanol–water partition coefficient (Wildman–Crippen LogP) is 5.29. The van der Waals surface area contributed by atoms with Gasteiger partial charge in [-0.3, -0.25) is 4.79 Å². The number of benzene rings is 1. The summed E-state index contributed by atoms with van der Waals surface area (Å²) in [4.78, 5) is 31.0. The maximum Gasteiger partial charge on any atom is 0.487 e. The maximum absolute atomic E-state index is 14.9. The van der Waals surface area contributed by atoms with Gasteiger partial charge >= 0.3 is 12.3 Å². The summed E-state index contributed by atoms with van der Waals surface area (Å²) in [6.07, 6.45) is -5.04. The van der Waals surface area contributed by atoms with Gasteiger partial charge in [-0.1, -0.05) is 36.4 Å². The Balaban J connectivity index is 1.78. The van der Waals surface area contributed by atoms with E-state index in [1.54, 1.807) is 18.2 Å². The van der Waals surface area contributed by atoms with E-state index in [1.165, 1.54) is 43.5 Å². The van der Waals surface area contributed by atoms with Gasteiger partial charge in [0, 0.05) is 11.9 Å². The number of aryl methyl sites for hydroxylation is 2. The fraction of sp³-hybridized carbons (Fsp3) is 0.250. The minimum Gasteiger partial charge on any atom is -0.477 e. The first-order valence-electron chi connectivity index (χ1n) is 10.3. The summed E-state index contributed by atoms with van der Waals surface area (Å²) in [5.74, 6) is -2.55. The second kappa shape index (κ2) is 10.4. The average molecular weight is 475 g/mol. The van der Waals surface area contributed by atoms with Crippen LogP contribution < -0.4 is 0 Å². The first kappa shape index (κ1) is 24.8. The minimum absolute atomic E-state index is 0.0350. The second-order valence-electron chi connectivity index (χ2n) is 7.63. The van der Waals surface area contributed by atoms with Gasteiger partial charge in [0.1, 0.15) is 17.6 Å². The highest BCUT2D eigenvalue weighted by atomic mass is 19.4. The number of hydrogen-bond acceptors (Lipinski definition) is 4. The number of alkyl halides is 4. The highest BCUT2D eigenvalue weighted by molar-refractivity contribution is 5.92. The molecule has 1 aromatic carbocycles. The van der Waals surface area contributed by atoms with E-state index in [-0.39, 0.29) is 40.3 Å². The summed E-state index contributed by atoms with van der Waals surface area (Å²) in [5, 5.41) is 8.88. The maximum atomic E-state index is 14.9. The zero-order valence-electron chi connectivity index (χ0n) is 18.1. The zero-order valence-corrected chi connectivity index (χ0v) is 18.1. The third-order valence-electron chi connectivity index (χ3n) is 5.02. The Morgan fingerprint density at radius 3 is 2.32 bits per heavy atom. The summed E-state index contributed by atoms with van der Waals surface area (Å²) in [5.41, 5.74) is 0.481. The van der Waals surface area contributed by atoms with Crippen LogP contribution in [0.5, 0.6) is 0 Å². The van der Waals surface area contributed by atoms with Crippen molar-refractivity contribution in [1.29, 1.82) is 0 Å². The van der Waals surface area contributed by atoms with E-state index in [0.29, 0.717) is 5.56 Å². The normalized spacial score (nSPS) is 12.3. The SMILES string of the molecule is Cc1cc(C(F)CCc2ccc(C(=O)O)nc2)cc(C(=O)N(Cc2ccccc2)C(F)(F)F)n1. The Morgan fingerprint density at radius 2 is 1.74 bits per heavy atom. The molecule has 0 saturated heterocycles. The molecule has 6 nitrogen and oxygen atoms in total. The number of amides is 1. The number of rotatable bonds is 8. The molecule has 1 N–H and O–H groups in total. The largest absolute Gasteiger partial charge is 0.487 e. The molecule has 0 fully saturated rings. The van der Waals surface area contributed by atoms with Crippen molar-refractivity contribution in [3.05, 3.63) is 94.6 Å². The number of carbonyl (C=O) groups excluding carboxylic acids is 1. The van der Waals surface area contributed by atoms with E-state index in [4.69, 9.17) is 5.11 Å². The van der Waals surface area contributed by atoms with E-state index in [0.717, 1.165) is 6.07 Å². The molecule has 2 aromatic heterocycles. The number of carboxylic acid groups (broad SMARTS) is 1. The van der Waals surface area contributed by atoms with Gasteiger partial charge in [-0.2, -0.15) is 0 Å². The first-order chi connectivity index (χ1) is 16.0. The standard InChI is InChI=1S/C24H21F4N3O3/c1-15-11-18(19(25)9-7-16-8-10-20(23(33)34)29-13-16)12-21(30-15)22(32)31(24(26,27)28)14-17-5-3-2-4-6-17/h2-6,8,10-13,19H,7,9,14H2,1H3,(H,33,34). The topological polar surface area (TPSA) is 83.4 Å². The molecule has 0 aliphatic carbocycles. The number of pyridine rings is 2. The first-order valence-corrected chi connectivity index (χ1v) is 10.3. The van der Waals surface area contributed by atoms with Gasteiger partial charge in [0.15, 0.2) is 0 Å². The average Bonchev–Trinajstić information content (AvgIpc) is 2.80. The van der Waals surface area contributed by atoms with E-state index < -0.39 is 36.6 Å². The summed E-state index contributed by atoms with van der Waals surface area (Å²) < 4.78 is 55.9. The number of aromatic nitrogens is 2. The Morgan fingerprint density at radius 1 is 1.03 bits per heavy atom. The molecule has 1 unspecified atom stereocenters. The van der Waals surface area contributed by atoms with Crippen molar-refractivity contribution in [2.24, 2.45) is 0 Å². The van der Waals surface area contributed by atoms with Crippen molar-refractivity contribution in [2.75, 3.05) is 0 Å². The molecule has 3 rings (SSSR count). The summed E-state index contributed by atoms with van der Waals surface area (Å²) >= 11 is 0. The third kappa shape index (κ3) is 6.37. The van der Waals surface area contributed by atoms with Crippen LogP contribution in [-0.4, -0.2) is 38.2 Å². The molecule has 0 aliphatic rings. The van der Waals surface area contributed by atoms with Crippen molar-refractivity contribution < 1.29 is 32.3 Å². The number of carbonyl (C=O) groups is 2. The molecule has 3 aromatic rings. The van der Waals surface area contributed by atoms with Gasteiger partial charge in [-0.05, 0) is 54.7 Å². The Kier molecular flexibility index (Phi) is 7.60. The second-order valence-corrected chi connectivity index (χ2v) is 7.63. The molecule has 0 radical (unpaired) electrons. The van der Waals surface area contributed by atoms with Crippen LogP contribution in [0.4, 0.5) is 17.6 Å². The molecule has 0 saturated carbocycles. The minimum atomic E-state index is -4.96. The smallest absolute Gasteiger partial charge is 0.477 e. The van der Waals surface area contributed by atoms with Crippen LogP contribution in [0.15, 0.2) is 60.8 Å². The number of nitrogens with zero attached hydrogens (tertiary/aromatic N) is 3. The van der Waals surface area contributed by atoms with Gasteiger partial charge in [0.05, 0.1) is 6.54 Å². The van der Waals surface area contributed by atoms with Crippen LogP contribution in [0.25, 0.3) is 0 Å². The van der Waals surface area contributed by atoms with Gasteiger partial charge < -0.3 is 5.11 Å². The Hall–Kier alpha value is -3.82. The molecule has 34 heavy (non-hydrogen) atoms. The number of hydrogen-bond donors (Lipinski definition) is 1. The van der Waals surface area contributed by atoms with E-state index in [9.17, 15) is 27.2 Å². The summed E-state index contributed by atoms with van der Waals surface area (Å²) in [6.45, 7) is 0.767. The van der Waals surface area contributed by atoms with Crippen LogP contribution in [0.1, 0.15) is 56.0 Å². The molecular weight excluding hydrogens is 454 g/mol. The third-order valence-corrected chi connectivity index (χ3v) is 5.02. The Labute approximate surface area is 192 Å². The molecule has 10 heteroatoms. The lowest BCUT2D eigenvalue weighted by Crippen LogP contribution is -2.42. The van der Waals surface area contributed by atoms with Crippen molar-refractivity contribution in [3.63, 3.8) is 0 Å². The van der Waals surface area contributed by atoms with Gasteiger partial charge in [-0.15, -0.1) is 13.2 Å². The van der Waals surface area contributed by atoms with E-state index >= 15 is 0 Å². The number of carboxylic acids is 1.